The lowest BCUT2D eigenvalue weighted by Gasteiger charge is -2.40. The lowest BCUT2D eigenvalue weighted by atomic mass is 9.98. The van der Waals surface area contributed by atoms with Gasteiger partial charge in [-0.15, -0.1) is 0 Å². The van der Waals surface area contributed by atoms with Crippen molar-refractivity contribution in [2.75, 3.05) is 11.9 Å². The van der Waals surface area contributed by atoms with Crippen LogP contribution in [0.3, 0.4) is 0 Å². The minimum atomic E-state index is -1.54. The predicted octanol–water partition coefficient (Wildman–Crippen LogP) is -0.540. The lowest BCUT2D eigenvalue weighted by molar-refractivity contribution is -0.384. The predicted molar refractivity (Wildman–Crippen MR) is 75.5 cm³/mol. The van der Waals surface area contributed by atoms with Gasteiger partial charge in [0.25, 0.3) is 5.69 Å². The number of anilines is 1. The van der Waals surface area contributed by atoms with Gasteiger partial charge in [-0.2, -0.15) is 0 Å². The summed E-state index contributed by atoms with van der Waals surface area (Å²) in [6.45, 7) is -0.566. The van der Waals surface area contributed by atoms with Gasteiger partial charge in [0.05, 0.1) is 11.5 Å². The molecule has 0 amide bonds. The largest absolute Gasteiger partial charge is 0.394 e. The van der Waals surface area contributed by atoms with Crippen LogP contribution in [0.5, 0.6) is 0 Å². The van der Waals surface area contributed by atoms with Crippen LogP contribution in [-0.2, 0) is 4.74 Å². The highest BCUT2D eigenvalue weighted by Gasteiger charge is 2.43. The molecule has 122 valence electrons. The zero-order valence-corrected chi connectivity index (χ0v) is 11.9. The van der Waals surface area contributed by atoms with Crippen LogP contribution in [0.1, 0.15) is 0 Å². The second kappa shape index (κ2) is 6.73. The summed E-state index contributed by atoms with van der Waals surface area (Å²) in [6.07, 6.45) is -6.75. The van der Waals surface area contributed by atoms with E-state index in [1.165, 1.54) is 12.1 Å². The van der Waals surface area contributed by atoms with Gasteiger partial charge in [0.1, 0.15) is 29.4 Å². The van der Waals surface area contributed by atoms with E-state index in [1.54, 1.807) is 0 Å². The molecule has 1 saturated heterocycles. The first kappa shape index (κ1) is 16.9. The van der Waals surface area contributed by atoms with Crippen LogP contribution in [0.25, 0.3) is 0 Å². The van der Waals surface area contributed by atoms with E-state index < -0.39 is 42.2 Å². The normalized spacial score (nSPS) is 31.8. The van der Waals surface area contributed by atoms with E-state index >= 15 is 0 Å². The SMILES string of the molecule is O=[N+]([O-])c1cc(N[C@@H]2O[C@H](CO)[C@H](O)[C@H](O)[C@@H]2O)ccc1Cl. The number of nitro groups is 1. The van der Waals surface area contributed by atoms with Crippen LogP contribution in [0.2, 0.25) is 5.02 Å². The van der Waals surface area contributed by atoms with Crippen molar-refractivity contribution in [1.29, 1.82) is 0 Å². The molecule has 1 heterocycles. The minimum absolute atomic E-state index is 0.0515. The molecule has 22 heavy (non-hydrogen) atoms. The van der Waals surface area contributed by atoms with E-state index in [-0.39, 0.29) is 16.4 Å². The summed E-state index contributed by atoms with van der Waals surface area (Å²) in [4.78, 5) is 10.2. The molecule has 1 aromatic rings. The number of hydrogen-bond acceptors (Lipinski definition) is 8. The zero-order valence-electron chi connectivity index (χ0n) is 11.2. The number of ether oxygens (including phenoxy) is 1. The monoisotopic (exact) mass is 334 g/mol. The summed E-state index contributed by atoms with van der Waals surface area (Å²) < 4.78 is 5.24. The molecule has 0 aromatic heterocycles. The summed E-state index contributed by atoms with van der Waals surface area (Å²) in [7, 11) is 0. The summed E-state index contributed by atoms with van der Waals surface area (Å²) >= 11 is 5.69. The van der Waals surface area contributed by atoms with Crippen molar-refractivity contribution in [2.24, 2.45) is 0 Å². The molecule has 0 unspecified atom stereocenters. The Morgan fingerprint density at radius 1 is 1.27 bits per heavy atom. The van der Waals surface area contributed by atoms with Crippen LogP contribution in [0.15, 0.2) is 18.2 Å². The van der Waals surface area contributed by atoms with Gasteiger partial charge in [0.15, 0.2) is 6.23 Å². The summed E-state index contributed by atoms with van der Waals surface area (Å²) in [5.41, 5.74) is -0.114. The van der Waals surface area contributed by atoms with Crippen LogP contribution in [-0.4, -0.2) is 62.6 Å². The van der Waals surface area contributed by atoms with E-state index in [9.17, 15) is 25.4 Å². The Labute approximate surface area is 129 Å². The zero-order chi connectivity index (χ0) is 16.4. The number of hydrogen-bond donors (Lipinski definition) is 5. The Morgan fingerprint density at radius 3 is 2.55 bits per heavy atom. The molecule has 2 rings (SSSR count). The maximum absolute atomic E-state index is 10.8. The van der Waals surface area contributed by atoms with Gasteiger partial charge in [0.2, 0.25) is 0 Å². The average molecular weight is 335 g/mol. The molecule has 5 atom stereocenters. The summed E-state index contributed by atoms with van der Waals surface area (Å²) in [5, 5.41) is 51.7. The number of aliphatic hydroxyl groups excluding tert-OH is 4. The van der Waals surface area contributed by atoms with Gasteiger partial charge in [-0.1, -0.05) is 11.6 Å². The Bertz CT molecular complexity index is 556. The third kappa shape index (κ3) is 3.29. The van der Waals surface area contributed by atoms with Gasteiger partial charge in [-0.25, -0.2) is 0 Å². The Hall–Kier alpha value is -1.49. The fourth-order valence-corrected chi connectivity index (χ4v) is 2.31. The number of aliphatic hydroxyl groups is 4. The standard InChI is InChI=1S/C12H15ClN2O7/c13-6-2-1-5(3-7(6)15(20)21)14-12-11(19)10(18)9(17)8(4-16)22-12/h1-3,8-12,14,16-19H,4H2/t8-,9+,10+,11+,12-/m1/s1. The summed E-state index contributed by atoms with van der Waals surface area (Å²) in [6, 6.07) is 3.87. The molecule has 1 aliphatic heterocycles. The Kier molecular flexibility index (Phi) is 5.16. The quantitative estimate of drug-likeness (QED) is 0.364. The van der Waals surface area contributed by atoms with E-state index in [0.29, 0.717) is 0 Å². The Balaban J connectivity index is 2.19. The number of benzene rings is 1. The molecule has 0 bridgehead atoms. The molecule has 0 aliphatic carbocycles. The lowest BCUT2D eigenvalue weighted by Crippen LogP contribution is -2.60. The van der Waals surface area contributed by atoms with Gasteiger partial charge < -0.3 is 30.5 Å². The van der Waals surface area contributed by atoms with Gasteiger partial charge in [0, 0.05) is 11.8 Å². The van der Waals surface area contributed by atoms with E-state index in [4.69, 9.17) is 21.4 Å². The van der Waals surface area contributed by atoms with Gasteiger partial charge in [-0.3, -0.25) is 10.1 Å². The van der Waals surface area contributed by atoms with E-state index in [1.807, 2.05) is 0 Å². The molecular weight excluding hydrogens is 320 g/mol. The maximum Gasteiger partial charge on any atom is 0.289 e. The smallest absolute Gasteiger partial charge is 0.289 e. The maximum atomic E-state index is 10.8. The minimum Gasteiger partial charge on any atom is -0.394 e. The highest BCUT2D eigenvalue weighted by atomic mass is 35.5. The number of nitrogens with zero attached hydrogens (tertiary/aromatic N) is 1. The second-order valence-corrected chi connectivity index (χ2v) is 5.22. The molecule has 0 saturated carbocycles. The van der Waals surface area contributed by atoms with Crippen LogP contribution >= 0.6 is 11.6 Å². The van der Waals surface area contributed by atoms with Crippen molar-refractivity contribution in [3.63, 3.8) is 0 Å². The molecule has 1 aliphatic rings. The third-order valence-electron chi connectivity index (χ3n) is 3.34. The van der Waals surface area contributed by atoms with Crippen LogP contribution < -0.4 is 5.32 Å². The first-order valence-corrected chi connectivity index (χ1v) is 6.74. The molecule has 0 radical (unpaired) electrons. The van der Waals surface area contributed by atoms with Crippen LogP contribution in [0.4, 0.5) is 11.4 Å². The van der Waals surface area contributed by atoms with Gasteiger partial charge >= 0.3 is 0 Å². The van der Waals surface area contributed by atoms with Crippen molar-refractivity contribution < 1.29 is 30.1 Å². The van der Waals surface area contributed by atoms with Crippen LogP contribution in [0, 0.1) is 10.1 Å². The van der Waals surface area contributed by atoms with Crippen molar-refractivity contribution in [3.8, 4) is 0 Å². The van der Waals surface area contributed by atoms with E-state index in [0.717, 1.165) is 6.07 Å². The highest BCUT2D eigenvalue weighted by Crippen LogP contribution is 2.29. The van der Waals surface area contributed by atoms with Crippen molar-refractivity contribution >= 4 is 23.0 Å². The van der Waals surface area contributed by atoms with Crippen molar-refractivity contribution in [1.82, 2.24) is 0 Å². The molecule has 9 nitrogen and oxygen atoms in total. The summed E-state index contributed by atoms with van der Waals surface area (Å²) in [5.74, 6) is 0. The van der Waals surface area contributed by atoms with Crippen molar-refractivity contribution in [3.05, 3.63) is 33.3 Å². The highest BCUT2D eigenvalue weighted by molar-refractivity contribution is 6.32. The first-order chi connectivity index (χ1) is 10.3. The van der Waals surface area contributed by atoms with Gasteiger partial charge in [-0.05, 0) is 12.1 Å². The Morgan fingerprint density at radius 2 is 1.95 bits per heavy atom. The fraction of sp³-hybridized carbons (Fsp3) is 0.500. The molecule has 5 N–H and O–H groups in total. The average Bonchev–Trinajstić information content (AvgIpc) is 2.49. The number of nitrogens with one attached hydrogen (secondary N) is 1. The molecule has 10 heteroatoms. The third-order valence-corrected chi connectivity index (χ3v) is 3.66. The molecular formula is C12H15ClN2O7. The molecule has 0 spiro atoms. The molecule has 1 fully saturated rings. The topological polar surface area (TPSA) is 145 Å². The second-order valence-electron chi connectivity index (χ2n) is 4.82. The molecule has 1 aromatic carbocycles. The number of halogens is 1. The fourth-order valence-electron chi connectivity index (χ4n) is 2.13. The first-order valence-electron chi connectivity index (χ1n) is 6.36. The number of nitro benzene ring substituents is 1. The van der Waals surface area contributed by atoms with E-state index in [2.05, 4.69) is 5.32 Å². The number of rotatable bonds is 4. The van der Waals surface area contributed by atoms with Crippen molar-refractivity contribution in [2.45, 2.75) is 30.6 Å².